The molecule has 0 saturated carbocycles. The third-order valence-electron chi connectivity index (χ3n) is 3.46. The zero-order valence-corrected chi connectivity index (χ0v) is 12.1. The van der Waals surface area contributed by atoms with E-state index in [2.05, 4.69) is 16.3 Å². The predicted octanol–water partition coefficient (Wildman–Crippen LogP) is 0.745. The van der Waals surface area contributed by atoms with Crippen LogP contribution in [0.5, 0.6) is 0 Å². The topological polar surface area (TPSA) is 76.4 Å². The van der Waals surface area contributed by atoms with Gasteiger partial charge in [0.25, 0.3) is 0 Å². The van der Waals surface area contributed by atoms with E-state index in [1.807, 2.05) is 20.8 Å². The summed E-state index contributed by atoms with van der Waals surface area (Å²) < 4.78 is 0. The summed E-state index contributed by atoms with van der Waals surface area (Å²) in [7, 11) is 0. The number of nitrogens with zero attached hydrogens (tertiary/aromatic N) is 2. The molecule has 2 unspecified atom stereocenters. The maximum atomic E-state index is 12.0. The number of carbonyl (C=O) groups excluding carboxylic acids is 1. The van der Waals surface area contributed by atoms with E-state index >= 15 is 0 Å². The van der Waals surface area contributed by atoms with Crippen molar-refractivity contribution in [2.45, 2.75) is 39.7 Å². The zero-order chi connectivity index (χ0) is 14.5. The molecule has 0 aliphatic carbocycles. The van der Waals surface area contributed by atoms with Gasteiger partial charge in [0.1, 0.15) is 0 Å². The van der Waals surface area contributed by atoms with Crippen LogP contribution in [0, 0.1) is 22.7 Å². The molecule has 2 N–H and O–H groups in total. The first-order valence-corrected chi connectivity index (χ1v) is 6.88. The van der Waals surface area contributed by atoms with Gasteiger partial charge in [-0.25, -0.2) is 0 Å². The molecular formula is C14H25N3O2. The van der Waals surface area contributed by atoms with Gasteiger partial charge >= 0.3 is 0 Å². The van der Waals surface area contributed by atoms with Crippen LogP contribution in [-0.2, 0) is 4.79 Å². The van der Waals surface area contributed by atoms with Crippen LogP contribution in [0.2, 0.25) is 0 Å². The van der Waals surface area contributed by atoms with Gasteiger partial charge in [-0.3, -0.25) is 9.69 Å². The third-order valence-corrected chi connectivity index (χ3v) is 3.46. The molecule has 1 amide bonds. The van der Waals surface area contributed by atoms with Gasteiger partial charge in [-0.1, -0.05) is 20.8 Å². The van der Waals surface area contributed by atoms with Crippen molar-refractivity contribution in [2.75, 3.05) is 26.2 Å². The van der Waals surface area contributed by atoms with Gasteiger partial charge in [0.15, 0.2) is 0 Å². The zero-order valence-electron chi connectivity index (χ0n) is 12.1. The van der Waals surface area contributed by atoms with Crippen molar-refractivity contribution in [1.29, 1.82) is 5.26 Å². The van der Waals surface area contributed by atoms with E-state index in [4.69, 9.17) is 10.4 Å². The number of likely N-dealkylation sites (tertiary alicyclic amines) is 1. The van der Waals surface area contributed by atoms with Crippen LogP contribution < -0.4 is 5.32 Å². The number of hydrogen-bond acceptors (Lipinski definition) is 4. The standard InChI is InChI=1S/C14H25N3O2/c1-14(2,3)13(19)16-12-8-11(4-7-18)9-17(10-12)6-5-15/h11-12,18H,4,6-10H2,1-3H3,(H,16,19). The predicted molar refractivity (Wildman–Crippen MR) is 73.2 cm³/mol. The quantitative estimate of drug-likeness (QED) is 0.737. The van der Waals surface area contributed by atoms with E-state index in [1.165, 1.54) is 0 Å². The van der Waals surface area contributed by atoms with E-state index in [0.717, 1.165) is 25.9 Å². The van der Waals surface area contributed by atoms with Gasteiger partial charge < -0.3 is 10.4 Å². The molecule has 0 bridgehead atoms. The fourth-order valence-electron chi connectivity index (χ4n) is 2.43. The number of hydrogen-bond donors (Lipinski definition) is 2. The van der Waals surface area contributed by atoms with Crippen molar-refractivity contribution in [3.05, 3.63) is 0 Å². The minimum atomic E-state index is -0.399. The summed E-state index contributed by atoms with van der Waals surface area (Å²) in [6, 6.07) is 2.23. The average molecular weight is 267 g/mol. The fraction of sp³-hybridized carbons (Fsp3) is 0.857. The van der Waals surface area contributed by atoms with E-state index < -0.39 is 5.41 Å². The summed E-state index contributed by atoms with van der Waals surface area (Å²) in [4.78, 5) is 14.1. The van der Waals surface area contributed by atoms with E-state index in [0.29, 0.717) is 12.5 Å². The Labute approximate surface area is 115 Å². The summed E-state index contributed by atoms with van der Waals surface area (Å²) in [6.07, 6.45) is 1.61. The van der Waals surface area contributed by atoms with E-state index in [-0.39, 0.29) is 18.6 Å². The highest BCUT2D eigenvalue weighted by molar-refractivity contribution is 5.81. The maximum Gasteiger partial charge on any atom is 0.225 e. The van der Waals surface area contributed by atoms with Crippen molar-refractivity contribution in [3.8, 4) is 6.07 Å². The second-order valence-corrected chi connectivity index (χ2v) is 6.39. The molecule has 5 heteroatoms. The van der Waals surface area contributed by atoms with Gasteiger partial charge in [0.2, 0.25) is 5.91 Å². The Bertz CT molecular complexity index is 344. The number of amides is 1. The fourth-order valence-corrected chi connectivity index (χ4v) is 2.43. The molecule has 1 aliphatic heterocycles. The molecule has 0 radical (unpaired) electrons. The Morgan fingerprint density at radius 3 is 2.68 bits per heavy atom. The Morgan fingerprint density at radius 2 is 2.16 bits per heavy atom. The first-order valence-electron chi connectivity index (χ1n) is 6.88. The van der Waals surface area contributed by atoms with Crippen LogP contribution in [0.15, 0.2) is 0 Å². The number of aliphatic hydroxyl groups excluding tert-OH is 1. The first kappa shape index (κ1) is 15.9. The molecule has 0 aromatic rings. The van der Waals surface area contributed by atoms with Gasteiger partial charge in [-0.2, -0.15) is 5.26 Å². The van der Waals surface area contributed by atoms with Crippen molar-refractivity contribution >= 4 is 5.91 Å². The van der Waals surface area contributed by atoms with E-state index in [9.17, 15) is 4.79 Å². The minimum Gasteiger partial charge on any atom is -0.396 e. The molecule has 1 aliphatic rings. The largest absolute Gasteiger partial charge is 0.396 e. The van der Waals surface area contributed by atoms with Crippen molar-refractivity contribution in [3.63, 3.8) is 0 Å². The minimum absolute atomic E-state index is 0.0408. The summed E-state index contributed by atoms with van der Waals surface area (Å²) >= 11 is 0. The van der Waals surface area contributed by atoms with Crippen molar-refractivity contribution in [2.24, 2.45) is 11.3 Å². The number of rotatable bonds is 4. The first-order chi connectivity index (χ1) is 8.86. The molecule has 1 heterocycles. The van der Waals surface area contributed by atoms with Crippen molar-refractivity contribution in [1.82, 2.24) is 10.2 Å². The molecule has 0 aromatic heterocycles. The lowest BCUT2D eigenvalue weighted by Gasteiger charge is -2.37. The molecule has 1 saturated heterocycles. The number of carbonyl (C=O) groups is 1. The Kier molecular flexibility index (Phi) is 5.77. The monoisotopic (exact) mass is 267 g/mol. The van der Waals surface area contributed by atoms with Crippen molar-refractivity contribution < 1.29 is 9.90 Å². The Hall–Kier alpha value is -1.12. The van der Waals surface area contributed by atoms with Crippen LogP contribution in [-0.4, -0.2) is 48.2 Å². The highest BCUT2D eigenvalue weighted by Crippen LogP contribution is 2.21. The number of aliphatic hydroxyl groups is 1. The summed E-state index contributed by atoms with van der Waals surface area (Å²) in [5.74, 6) is 0.386. The van der Waals surface area contributed by atoms with Gasteiger partial charge in [0, 0.05) is 31.2 Å². The molecular weight excluding hydrogens is 242 g/mol. The second kappa shape index (κ2) is 6.88. The summed E-state index contributed by atoms with van der Waals surface area (Å²) in [6.45, 7) is 7.76. The lowest BCUT2D eigenvalue weighted by atomic mass is 9.90. The average Bonchev–Trinajstić information content (AvgIpc) is 2.28. The summed E-state index contributed by atoms with van der Waals surface area (Å²) in [5, 5.41) is 20.9. The molecule has 1 rings (SSSR count). The molecule has 2 atom stereocenters. The highest BCUT2D eigenvalue weighted by Gasteiger charge is 2.30. The Morgan fingerprint density at radius 1 is 1.47 bits per heavy atom. The Balaban J connectivity index is 2.61. The third kappa shape index (κ3) is 5.17. The summed E-state index contributed by atoms with van der Waals surface area (Å²) in [5.41, 5.74) is -0.399. The van der Waals surface area contributed by atoms with Crippen LogP contribution >= 0.6 is 0 Å². The highest BCUT2D eigenvalue weighted by atomic mass is 16.3. The maximum absolute atomic E-state index is 12.0. The van der Waals surface area contributed by atoms with Gasteiger partial charge in [-0.15, -0.1) is 0 Å². The second-order valence-electron chi connectivity index (χ2n) is 6.39. The molecule has 108 valence electrons. The number of nitriles is 1. The molecule has 5 nitrogen and oxygen atoms in total. The van der Waals surface area contributed by atoms with Crippen LogP contribution in [0.1, 0.15) is 33.6 Å². The number of nitrogens with one attached hydrogen (secondary N) is 1. The lowest BCUT2D eigenvalue weighted by Crippen LogP contribution is -2.53. The van der Waals surface area contributed by atoms with Crippen LogP contribution in [0.25, 0.3) is 0 Å². The number of piperidine rings is 1. The van der Waals surface area contributed by atoms with Gasteiger partial charge in [-0.05, 0) is 18.8 Å². The molecule has 1 fully saturated rings. The normalized spacial score (nSPS) is 24.8. The van der Waals surface area contributed by atoms with Crippen LogP contribution in [0.4, 0.5) is 0 Å². The van der Waals surface area contributed by atoms with Gasteiger partial charge in [0.05, 0.1) is 12.6 Å². The SMILES string of the molecule is CC(C)(C)C(=O)NC1CC(CCO)CN(CC#N)C1. The van der Waals surface area contributed by atoms with E-state index in [1.54, 1.807) is 0 Å². The lowest BCUT2D eigenvalue weighted by molar-refractivity contribution is -0.129. The molecule has 0 spiro atoms. The van der Waals surface area contributed by atoms with Crippen LogP contribution in [0.3, 0.4) is 0 Å². The smallest absolute Gasteiger partial charge is 0.225 e. The molecule has 0 aromatic carbocycles. The molecule has 19 heavy (non-hydrogen) atoms.